The van der Waals surface area contributed by atoms with Gasteiger partial charge in [-0.05, 0) is 18.2 Å². The zero-order valence-electron chi connectivity index (χ0n) is 13.3. The molecule has 0 fully saturated rings. The fraction of sp³-hybridized carbons (Fsp3) is 0.125. The minimum absolute atomic E-state index is 0.236. The number of nitrogens with zero attached hydrogens (tertiary/aromatic N) is 5. The van der Waals surface area contributed by atoms with Crippen molar-refractivity contribution in [3.63, 3.8) is 0 Å². The summed E-state index contributed by atoms with van der Waals surface area (Å²) in [5.41, 5.74) is 7.64. The smallest absolute Gasteiger partial charge is 0.282 e. The van der Waals surface area contributed by atoms with E-state index in [0.717, 1.165) is 5.69 Å². The van der Waals surface area contributed by atoms with Gasteiger partial charge in [0.25, 0.3) is 6.43 Å². The molecule has 7 nitrogen and oxygen atoms in total. The Morgan fingerprint density at radius 2 is 2.00 bits per heavy atom. The standard InChI is InChI=1S/C16H13F2N7S/c17-15(18)13-9(7-25(23-13)10-4-2-1-3-5-10)8-26-11-6-12(19)20-16-14(11)21-24-22-16/h1-7,15H,8H2,(H3,19,20,21,22,24). The maximum atomic E-state index is 13.4. The third kappa shape index (κ3) is 3.10. The Balaban J connectivity index is 1.65. The second kappa shape index (κ2) is 6.71. The number of aromatic amines is 1. The molecule has 4 rings (SSSR count). The lowest BCUT2D eigenvalue weighted by Gasteiger charge is -2.03. The van der Waals surface area contributed by atoms with Crippen LogP contribution in [0.4, 0.5) is 14.6 Å². The summed E-state index contributed by atoms with van der Waals surface area (Å²) < 4.78 is 28.3. The number of benzene rings is 1. The van der Waals surface area contributed by atoms with E-state index in [0.29, 0.717) is 27.4 Å². The van der Waals surface area contributed by atoms with Gasteiger partial charge in [0.2, 0.25) is 5.65 Å². The van der Waals surface area contributed by atoms with Crippen LogP contribution in [0.1, 0.15) is 17.7 Å². The van der Waals surface area contributed by atoms with Crippen LogP contribution in [0.15, 0.2) is 47.5 Å². The first-order chi connectivity index (χ1) is 12.6. The van der Waals surface area contributed by atoms with Crippen LogP contribution in [0.3, 0.4) is 0 Å². The van der Waals surface area contributed by atoms with Crippen molar-refractivity contribution in [3.8, 4) is 5.69 Å². The molecule has 0 spiro atoms. The Morgan fingerprint density at radius 1 is 1.19 bits per heavy atom. The first-order valence-corrected chi connectivity index (χ1v) is 8.62. The van der Waals surface area contributed by atoms with E-state index in [9.17, 15) is 8.78 Å². The van der Waals surface area contributed by atoms with Crippen LogP contribution in [0.25, 0.3) is 16.9 Å². The number of thioether (sulfide) groups is 1. The molecule has 26 heavy (non-hydrogen) atoms. The first kappa shape index (κ1) is 16.5. The number of hydrogen-bond acceptors (Lipinski definition) is 6. The van der Waals surface area contributed by atoms with Gasteiger partial charge in [-0.25, -0.2) is 18.4 Å². The molecule has 0 saturated carbocycles. The van der Waals surface area contributed by atoms with Crippen LogP contribution >= 0.6 is 11.8 Å². The maximum Gasteiger partial charge on any atom is 0.282 e. The Labute approximate surface area is 150 Å². The minimum Gasteiger partial charge on any atom is -0.384 e. The quantitative estimate of drug-likeness (QED) is 0.521. The third-order valence-corrected chi connectivity index (χ3v) is 4.79. The molecule has 4 aromatic rings. The molecule has 0 unspecified atom stereocenters. The van der Waals surface area contributed by atoms with Crippen LogP contribution in [-0.2, 0) is 5.75 Å². The van der Waals surface area contributed by atoms with Gasteiger partial charge in [-0.3, -0.25) is 0 Å². The molecule has 0 amide bonds. The van der Waals surface area contributed by atoms with Crippen LogP contribution in [0, 0.1) is 0 Å². The Kier molecular flexibility index (Phi) is 4.25. The molecule has 1 aromatic carbocycles. The van der Waals surface area contributed by atoms with Gasteiger partial charge >= 0.3 is 0 Å². The summed E-state index contributed by atoms with van der Waals surface area (Å²) in [6.45, 7) is 0. The monoisotopic (exact) mass is 373 g/mol. The molecule has 3 aromatic heterocycles. The van der Waals surface area contributed by atoms with Crippen LogP contribution < -0.4 is 5.73 Å². The van der Waals surface area contributed by atoms with Crippen LogP contribution in [0.2, 0.25) is 0 Å². The molecule has 0 radical (unpaired) electrons. The van der Waals surface area contributed by atoms with E-state index in [-0.39, 0.29) is 11.4 Å². The van der Waals surface area contributed by atoms with Gasteiger partial charge in [-0.1, -0.05) is 18.2 Å². The van der Waals surface area contributed by atoms with E-state index in [4.69, 9.17) is 5.73 Å². The lowest BCUT2D eigenvalue weighted by Crippen LogP contribution is -1.96. The van der Waals surface area contributed by atoms with Gasteiger partial charge in [0.05, 0.1) is 5.69 Å². The Bertz CT molecular complexity index is 1050. The fourth-order valence-electron chi connectivity index (χ4n) is 2.52. The van der Waals surface area contributed by atoms with E-state index in [2.05, 4.69) is 25.5 Å². The van der Waals surface area contributed by atoms with Crippen molar-refractivity contribution >= 4 is 28.7 Å². The highest BCUT2D eigenvalue weighted by Gasteiger charge is 2.20. The number of H-pyrrole nitrogens is 1. The number of hydrogen-bond donors (Lipinski definition) is 2. The largest absolute Gasteiger partial charge is 0.384 e. The lowest BCUT2D eigenvalue weighted by molar-refractivity contribution is 0.144. The van der Waals surface area contributed by atoms with Gasteiger partial charge in [0.15, 0.2) is 0 Å². The Hall–Kier alpha value is -3.01. The van der Waals surface area contributed by atoms with E-state index in [1.807, 2.05) is 30.3 Å². The average Bonchev–Trinajstić information content (AvgIpc) is 3.27. The Morgan fingerprint density at radius 3 is 2.77 bits per heavy atom. The van der Waals surface area contributed by atoms with Crippen molar-refractivity contribution in [1.29, 1.82) is 0 Å². The SMILES string of the molecule is Nc1cc(SCc2cn(-c3ccccc3)nc2C(F)F)c2n[nH]nc2n1. The van der Waals surface area contributed by atoms with Gasteiger partial charge < -0.3 is 5.73 Å². The summed E-state index contributed by atoms with van der Waals surface area (Å²) in [4.78, 5) is 4.78. The maximum absolute atomic E-state index is 13.4. The van der Waals surface area contributed by atoms with E-state index >= 15 is 0 Å². The summed E-state index contributed by atoms with van der Waals surface area (Å²) in [7, 11) is 0. The normalized spacial score (nSPS) is 11.5. The molecule has 132 valence electrons. The topological polar surface area (TPSA) is 98.3 Å². The van der Waals surface area contributed by atoms with Crippen molar-refractivity contribution < 1.29 is 8.78 Å². The summed E-state index contributed by atoms with van der Waals surface area (Å²) in [5, 5.41) is 14.5. The van der Waals surface area contributed by atoms with E-state index < -0.39 is 6.43 Å². The molecular formula is C16H13F2N7S. The number of rotatable bonds is 5. The summed E-state index contributed by atoms with van der Waals surface area (Å²) in [6, 6.07) is 10.8. The van der Waals surface area contributed by atoms with Gasteiger partial charge in [-0.15, -0.1) is 16.9 Å². The molecule has 0 saturated heterocycles. The van der Waals surface area contributed by atoms with Crippen molar-refractivity contribution in [1.82, 2.24) is 30.2 Å². The van der Waals surface area contributed by atoms with E-state index in [1.165, 1.54) is 16.4 Å². The van der Waals surface area contributed by atoms with E-state index in [1.54, 1.807) is 12.3 Å². The summed E-state index contributed by atoms with van der Waals surface area (Å²) in [6.07, 6.45) is -1.04. The average molecular weight is 373 g/mol. The number of para-hydroxylation sites is 1. The summed E-state index contributed by atoms with van der Waals surface area (Å²) >= 11 is 1.33. The summed E-state index contributed by atoms with van der Waals surface area (Å²) in [5.74, 6) is 0.584. The third-order valence-electron chi connectivity index (χ3n) is 3.71. The fourth-order valence-corrected chi connectivity index (χ4v) is 3.53. The number of nitrogens with one attached hydrogen (secondary N) is 1. The van der Waals surface area contributed by atoms with Crippen LogP contribution in [0.5, 0.6) is 0 Å². The first-order valence-electron chi connectivity index (χ1n) is 7.63. The molecule has 3 N–H and O–H groups in total. The number of fused-ring (bicyclic) bond motifs is 1. The number of anilines is 1. The number of halogens is 2. The predicted molar refractivity (Wildman–Crippen MR) is 94.2 cm³/mol. The number of aromatic nitrogens is 6. The lowest BCUT2D eigenvalue weighted by atomic mass is 10.3. The van der Waals surface area contributed by atoms with Gasteiger partial charge in [0, 0.05) is 22.4 Å². The molecule has 0 atom stereocenters. The van der Waals surface area contributed by atoms with Crippen molar-refractivity contribution in [2.24, 2.45) is 0 Å². The number of nitrogen functional groups attached to an aromatic ring is 1. The molecular weight excluding hydrogens is 360 g/mol. The minimum atomic E-state index is -2.66. The zero-order chi connectivity index (χ0) is 18.1. The van der Waals surface area contributed by atoms with Crippen molar-refractivity contribution in [2.75, 3.05) is 5.73 Å². The second-order valence-electron chi connectivity index (χ2n) is 5.45. The molecule has 0 aliphatic heterocycles. The molecule has 0 bridgehead atoms. The highest BCUT2D eigenvalue weighted by Crippen LogP contribution is 2.32. The van der Waals surface area contributed by atoms with Gasteiger partial charge in [0.1, 0.15) is 17.0 Å². The highest BCUT2D eigenvalue weighted by atomic mass is 32.2. The number of alkyl halides is 2. The second-order valence-corrected chi connectivity index (χ2v) is 6.47. The molecule has 0 aliphatic carbocycles. The van der Waals surface area contributed by atoms with Crippen molar-refractivity contribution in [3.05, 3.63) is 53.9 Å². The predicted octanol–water partition coefficient (Wildman–Crippen LogP) is 3.35. The molecule has 0 aliphatic rings. The molecule has 3 heterocycles. The number of nitrogens with two attached hydrogens (primary N) is 1. The molecule has 10 heteroatoms. The van der Waals surface area contributed by atoms with Crippen molar-refractivity contribution in [2.45, 2.75) is 17.1 Å². The highest BCUT2D eigenvalue weighted by molar-refractivity contribution is 7.98. The van der Waals surface area contributed by atoms with Gasteiger partial charge in [-0.2, -0.15) is 15.4 Å². The zero-order valence-corrected chi connectivity index (χ0v) is 14.1. The van der Waals surface area contributed by atoms with Crippen LogP contribution in [-0.4, -0.2) is 30.2 Å². The number of pyridine rings is 1.